The smallest absolute Gasteiger partial charge is 0.253 e. The van der Waals surface area contributed by atoms with E-state index < -0.39 is 0 Å². The number of para-hydroxylation sites is 1. The van der Waals surface area contributed by atoms with Gasteiger partial charge in [-0.1, -0.05) is 75.7 Å². The predicted octanol–water partition coefficient (Wildman–Crippen LogP) is 5.84. The molecular weight excluding hydrogens is 558 g/mol. The van der Waals surface area contributed by atoms with Gasteiger partial charge >= 0.3 is 0 Å². The average Bonchev–Trinajstić information content (AvgIpc) is 3.42. The molecule has 1 aliphatic rings. The molecule has 2 N–H and O–H groups in total. The van der Waals surface area contributed by atoms with E-state index in [4.69, 9.17) is 4.52 Å². The largest absolute Gasteiger partial charge is 0.345 e. The van der Waals surface area contributed by atoms with Crippen molar-refractivity contribution < 1.29 is 14.1 Å². The van der Waals surface area contributed by atoms with Crippen LogP contribution in [0.4, 0.5) is 5.69 Å². The van der Waals surface area contributed by atoms with Crippen molar-refractivity contribution in [1.82, 2.24) is 20.4 Å². The van der Waals surface area contributed by atoms with E-state index in [1.807, 2.05) is 67.6 Å². The number of carbonyl (C=O) groups excluding carboxylic acids is 2. The zero-order valence-corrected chi connectivity index (χ0v) is 23.2. The van der Waals surface area contributed by atoms with Crippen LogP contribution in [0, 0.1) is 5.92 Å². The normalized spacial score (nSPS) is 15.0. The maximum absolute atomic E-state index is 13.1. The lowest BCUT2D eigenvalue weighted by Crippen LogP contribution is -2.38. The highest BCUT2D eigenvalue weighted by Gasteiger charge is 2.27. The maximum atomic E-state index is 13.1. The van der Waals surface area contributed by atoms with E-state index in [-0.39, 0.29) is 23.8 Å². The van der Waals surface area contributed by atoms with Gasteiger partial charge in [0, 0.05) is 16.0 Å². The summed E-state index contributed by atoms with van der Waals surface area (Å²) in [5.41, 5.74) is 2.87. The van der Waals surface area contributed by atoms with Gasteiger partial charge < -0.3 is 15.2 Å². The predicted molar refractivity (Wildman–Crippen MR) is 153 cm³/mol. The number of nitrogens with one attached hydrogen (secondary N) is 2. The third kappa shape index (κ3) is 6.79. The number of piperidine rings is 1. The first-order valence-corrected chi connectivity index (χ1v) is 13.8. The van der Waals surface area contributed by atoms with Crippen molar-refractivity contribution in [3.05, 3.63) is 100 Å². The standard InChI is InChI=1S/C30H30BrN5O3/c1-20(21-8-3-2-4-9-21)32-30(38)25-12-5-6-13-26(25)33-29(37)22-14-16-36(17-15-22)19-27-34-28(35-39-27)23-10-7-11-24(31)18-23/h2-13,18,20,22H,14-17,19H2,1H3,(H,32,38)(H,33,37). The van der Waals surface area contributed by atoms with Gasteiger partial charge in [-0.25, -0.2) is 0 Å². The van der Waals surface area contributed by atoms with E-state index in [1.54, 1.807) is 18.2 Å². The topological polar surface area (TPSA) is 100 Å². The lowest BCUT2D eigenvalue weighted by molar-refractivity contribution is -0.121. The molecule has 2 heterocycles. The molecule has 0 radical (unpaired) electrons. The molecule has 5 rings (SSSR count). The van der Waals surface area contributed by atoms with Crippen molar-refractivity contribution in [3.8, 4) is 11.4 Å². The summed E-state index contributed by atoms with van der Waals surface area (Å²) in [4.78, 5) is 32.9. The number of hydrogen-bond acceptors (Lipinski definition) is 6. The number of benzene rings is 3. The van der Waals surface area contributed by atoms with Crippen molar-refractivity contribution in [2.75, 3.05) is 18.4 Å². The number of aromatic nitrogens is 2. The number of anilines is 1. The van der Waals surface area contributed by atoms with Crippen molar-refractivity contribution >= 4 is 33.4 Å². The number of rotatable bonds is 8. The number of likely N-dealkylation sites (tertiary alicyclic amines) is 1. The quantitative estimate of drug-likeness (QED) is 0.268. The lowest BCUT2D eigenvalue weighted by atomic mass is 9.95. The fourth-order valence-corrected chi connectivity index (χ4v) is 5.13. The second kappa shape index (κ2) is 12.4. The summed E-state index contributed by atoms with van der Waals surface area (Å²) >= 11 is 3.47. The molecule has 200 valence electrons. The van der Waals surface area contributed by atoms with E-state index >= 15 is 0 Å². The summed E-state index contributed by atoms with van der Waals surface area (Å²) in [6.45, 7) is 3.96. The molecule has 0 aliphatic carbocycles. The van der Waals surface area contributed by atoms with E-state index in [9.17, 15) is 9.59 Å². The van der Waals surface area contributed by atoms with Gasteiger partial charge in [-0.3, -0.25) is 14.5 Å². The molecular formula is C30H30BrN5O3. The van der Waals surface area contributed by atoms with Crippen LogP contribution in [0.15, 0.2) is 87.9 Å². The summed E-state index contributed by atoms with van der Waals surface area (Å²) < 4.78 is 6.43. The van der Waals surface area contributed by atoms with Crippen molar-refractivity contribution in [2.24, 2.45) is 5.92 Å². The highest BCUT2D eigenvalue weighted by Crippen LogP contribution is 2.24. The molecule has 4 aromatic rings. The van der Waals surface area contributed by atoms with Crippen LogP contribution >= 0.6 is 15.9 Å². The summed E-state index contributed by atoms with van der Waals surface area (Å²) in [6, 6.07) is 24.5. The van der Waals surface area contributed by atoms with Crippen LogP contribution in [0.5, 0.6) is 0 Å². The minimum Gasteiger partial charge on any atom is -0.345 e. The number of carbonyl (C=O) groups is 2. The molecule has 9 heteroatoms. The Morgan fingerprint density at radius 1 is 1.03 bits per heavy atom. The van der Waals surface area contributed by atoms with Crippen LogP contribution < -0.4 is 10.6 Å². The Bertz CT molecular complexity index is 1430. The van der Waals surface area contributed by atoms with Crippen molar-refractivity contribution in [2.45, 2.75) is 32.4 Å². The van der Waals surface area contributed by atoms with E-state index in [2.05, 4.69) is 41.6 Å². The average molecular weight is 589 g/mol. The SMILES string of the molecule is CC(NC(=O)c1ccccc1NC(=O)C1CCN(Cc2nc(-c3cccc(Br)c3)no2)CC1)c1ccccc1. The first-order valence-electron chi connectivity index (χ1n) is 13.0. The summed E-state index contributed by atoms with van der Waals surface area (Å²) in [7, 11) is 0. The summed E-state index contributed by atoms with van der Waals surface area (Å²) in [6.07, 6.45) is 1.41. The number of amides is 2. The Labute approximate surface area is 235 Å². The molecule has 0 saturated carbocycles. The van der Waals surface area contributed by atoms with Gasteiger partial charge in [0.05, 0.1) is 23.8 Å². The number of halogens is 1. The Hall–Kier alpha value is -3.82. The highest BCUT2D eigenvalue weighted by atomic mass is 79.9. The Morgan fingerprint density at radius 3 is 2.54 bits per heavy atom. The van der Waals surface area contributed by atoms with E-state index in [0.717, 1.165) is 28.7 Å². The molecule has 1 unspecified atom stereocenters. The summed E-state index contributed by atoms with van der Waals surface area (Å²) in [5.74, 6) is 0.680. The van der Waals surface area contributed by atoms with Gasteiger partial charge in [-0.15, -0.1) is 0 Å². The number of nitrogens with zero attached hydrogens (tertiary/aromatic N) is 3. The molecule has 8 nitrogen and oxygen atoms in total. The summed E-state index contributed by atoms with van der Waals surface area (Å²) in [5, 5.41) is 10.1. The van der Waals surface area contributed by atoms with E-state index in [1.165, 1.54) is 0 Å². The van der Waals surface area contributed by atoms with Gasteiger partial charge in [0.25, 0.3) is 5.91 Å². The van der Waals surface area contributed by atoms with Crippen LogP contribution in [0.3, 0.4) is 0 Å². The second-order valence-electron chi connectivity index (χ2n) is 9.71. The Morgan fingerprint density at radius 2 is 1.77 bits per heavy atom. The van der Waals surface area contributed by atoms with E-state index in [0.29, 0.717) is 42.4 Å². The van der Waals surface area contributed by atoms with Crippen LogP contribution in [0.1, 0.15) is 47.6 Å². The molecule has 1 saturated heterocycles. The fraction of sp³-hybridized carbons (Fsp3) is 0.267. The van der Waals surface area contributed by atoms with Crippen molar-refractivity contribution in [1.29, 1.82) is 0 Å². The first-order chi connectivity index (χ1) is 19.0. The first kappa shape index (κ1) is 26.8. The molecule has 0 bridgehead atoms. The lowest BCUT2D eigenvalue weighted by Gasteiger charge is -2.30. The third-order valence-corrected chi connectivity index (χ3v) is 7.44. The van der Waals surface area contributed by atoms with Gasteiger partial charge in [0.1, 0.15) is 0 Å². The second-order valence-corrected chi connectivity index (χ2v) is 10.6. The third-order valence-electron chi connectivity index (χ3n) is 6.94. The fourth-order valence-electron chi connectivity index (χ4n) is 4.73. The minimum absolute atomic E-state index is 0.0688. The molecule has 1 aromatic heterocycles. The molecule has 1 atom stereocenters. The van der Waals surface area contributed by atoms with Gasteiger partial charge in [0.15, 0.2) is 0 Å². The number of hydrogen-bond donors (Lipinski definition) is 2. The molecule has 1 fully saturated rings. The van der Waals surface area contributed by atoms with Crippen LogP contribution in [-0.4, -0.2) is 39.9 Å². The van der Waals surface area contributed by atoms with Crippen LogP contribution in [0.25, 0.3) is 11.4 Å². The van der Waals surface area contributed by atoms with Gasteiger partial charge in [-0.05, 0) is 62.7 Å². The minimum atomic E-state index is -0.223. The van der Waals surface area contributed by atoms with Crippen molar-refractivity contribution in [3.63, 3.8) is 0 Å². The zero-order valence-electron chi connectivity index (χ0n) is 21.6. The Kier molecular flexibility index (Phi) is 8.48. The highest BCUT2D eigenvalue weighted by molar-refractivity contribution is 9.10. The van der Waals surface area contributed by atoms with Gasteiger partial charge in [0.2, 0.25) is 17.6 Å². The molecule has 0 spiro atoms. The van der Waals surface area contributed by atoms with Crippen LogP contribution in [0.2, 0.25) is 0 Å². The van der Waals surface area contributed by atoms with Gasteiger partial charge in [-0.2, -0.15) is 4.98 Å². The molecule has 3 aromatic carbocycles. The molecule has 2 amide bonds. The molecule has 1 aliphatic heterocycles. The zero-order chi connectivity index (χ0) is 27.2. The van der Waals surface area contributed by atoms with Crippen LogP contribution in [-0.2, 0) is 11.3 Å². The Balaban J connectivity index is 1.14. The molecule has 39 heavy (non-hydrogen) atoms. The maximum Gasteiger partial charge on any atom is 0.253 e. The monoisotopic (exact) mass is 587 g/mol.